The summed E-state index contributed by atoms with van der Waals surface area (Å²) >= 11 is 0. The van der Waals surface area contributed by atoms with Gasteiger partial charge in [-0.2, -0.15) is 13.6 Å². The number of nitro groups is 1. The predicted octanol–water partition coefficient (Wildman–Crippen LogP) is 2.03. The quantitative estimate of drug-likeness (QED) is 0.0996. The number of anilines is 1. The normalized spacial score (nSPS) is 22.7. The van der Waals surface area contributed by atoms with Crippen LogP contribution in [0, 0.1) is 15.5 Å². The fraction of sp³-hybridized carbons (Fsp3) is 0.524. The summed E-state index contributed by atoms with van der Waals surface area (Å²) in [6, 6.07) is 6.05. The van der Waals surface area contributed by atoms with Crippen LogP contribution in [-0.4, -0.2) is 58.0 Å². The third-order valence-corrected chi connectivity index (χ3v) is 9.80. The Morgan fingerprint density at radius 3 is 2.39 bits per heavy atom. The number of aromatic nitrogens is 2. The van der Waals surface area contributed by atoms with Crippen molar-refractivity contribution in [3.8, 4) is 0 Å². The number of nitrogen functional groups attached to an aromatic ring is 1. The van der Waals surface area contributed by atoms with E-state index in [0.29, 0.717) is 5.56 Å². The van der Waals surface area contributed by atoms with Crippen molar-refractivity contribution in [1.82, 2.24) is 9.55 Å². The van der Waals surface area contributed by atoms with Gasteiger partial charge in [0, 0.05) is 24.2 Å². The van der Waals surface area contributed by atoms with E-state index in [2.05, 4.69) is 18.1 Å². The summed E-state index contributed by atoms with van der Waals surface area (Å²) in [7, 11) is -16.8. The van der Waals surface area contributed by atoms with Gasteiger partial charge in [-0.25, -0.2) is 18.5 Å². The van der Waals surface area contributed by atoms with Gasteiger partial charge < -0.3 is 39.9 Å². The molecule has 1 saturated heterocycles. The Kier molecular flexibility index (Phi) is 11.1. The Hall–Kier alpha value is -2.41. The number of rotatable bonds is 13. The fourth-order valence-corrected chi connectivity index (χ4v) is 7.23. The predicted molar refractivity (Wildman–Crippen MR) is 147 cm³/mol. The Morgan fingerprint density at radius 2 is 1.80 bits per heavy atom. The number of nitrogens with two attached hydrogens (primary N) is 1. The molecule has 1 aliphatic rings. The van der Waals surface area contributed by atoms with E-state index in [1.165, 1.54) is 18.3 Å². The van der Waals surface area contributed by atoms with Crippen molar-refractivity contribution in [3.05, 3.63) is 62.2 Å². The topological polar surface area (TPSA) is 303 Å². The highest BCUT2D eigenvalue weighted by Crippen LogP contribution is 2.66. The zero-order valence-corrected chi connectivity index (χ0v) is 26.0. The summed E-state index contributed by atoms with van der Waals surface area (Å²) < 4.78 is 58.6. The molecule has 2 heterocycles. The number of nitrogens with zero attached hydrogens (tertiary/aromatic N) is 3. The van der Waals surface area contributed by atoms with Gasteiger partial charge in [0.05, 0.1) is 35.9 Å². The first kappa shape index (κ1) is 36.1. The molecule has 0 amide bonds. The molecule has 3 rings (SSSR count). The van der Waals surface area contributed by atoms with E-state index in [1.807, 2.05) is 20.8 Å². The van der Waals surface area contributed by atoms with Gasteiger partial charge in [-0.1, -0.05) is 32.9 Å². The van der Waals surface area contributed by atoms with Crippen LogP contribution >= 0.6 is 23.5 Å². The third-order valence-electron chi connectivity index (χ3n) is 6.00. The first-order valence-corrected chi connectivity index (χ1v) is 16.9. The van der Waals surface area contributed by atoms with E-state index in [-0.39, 0.29) is 30.1 Å². The molecular weight excluding hydrogens is 657 g/mol. The molecule has 44 heavy (non-hydrogen) atoms. The van der Waals surface area contributed by atoms with Crippen LogP contribution in [0.25, 0.3) is 0 Å². The molecule has 0 saturated carbocycles. The molecular formula is C21H31N4O16P3. The summed E-state index contributed by atoms with van der Waals surface area (Å²) in [4.78, 5) is 63.6. The highest BCUT2D eigenvalue weighted by atomic mass is 31.3. The van der Waals surface area contributed by atoms with E-state index >= 15 is 0 Å². The number of hydrogen-bond acceptors (Lipinski definition) is 14. The van der Waals surface area contributed by atoms with Crippen molar-refractivity contribution in [1.29, 1.82) is 0 Å². The van der Waals surface area contributed by atoms with Crippen molar-refractivity contribution in [2.24, 2.45) is 5.41 Å². The first-order chi connectivity index (χ1) is 20.1. The van der Waals surface area contributed by atoms with Crippen LogP contribution < -0.4 is 11.4 Å². The minimum Gasteiger partial charge on any atom is -0.390 e. The largest absolute Gasteiger partial charge is 0.490 e. The lowest BCUT2D eigenvalue weighted by atomic mass is 9.84. The Morgan fingerprint density at radius 1 is 1.16 bits per heavy atom. The number of benzene rings is 1. The van der Waals surface area contributed by atoms with E-state index in [0.717, 1.165) is 4.57 Å². The van der Waals surface area contributed by atoms with Crippen LogP contribution in [0.15, 0.2) is 35.3 Å². The molecule has 0 bridgehead atoms. The number of phosphoric acid groups is 3. The number of aliphatic hydroxyl groups excluding tert-OH is 1. The average Bonchev–Trinajstić information content (AvgIpc) is 3.21. The molecule has 0 aliphatic carbocycles. The molecule has 7 N–H and O–H groups in total. The van der Waals surface area contributed by atoms with Crippen LogP contribution in [0.3, 0.4) is 0 Å². The van der Waals surface area contributed by atoms with Crippen molar-refractivity contribution in [2.75, 3.05) is 12.3 Å². The number of nitro benzene ring substituents is 1. The monoisotopic (exact) mass is 688 g/mol. The van der Waals surface area contributed by atoms with Gasteiger partial charge in [-0.05, 0) is 11.5 Å². The van der Waals surface area contributed by atoms with E-state index < -0.39 is 70.6 Å². The van der Waals surface area contributed by atoms with E-state index in [1.54, 1.807) is 12.1 Å². The maximum Gasteiger partial charge on any atom is 0.490 e. The van der Waals surface area contributed by atoms with Gasteiger partial charge in [0.1, 0.15) is 18.1 Å². The molecule has 1 aromatic heterocycles. The molecule has 2 aromatic rings. The highest BCUT2D eigenvalue weighted by molar-refractivity contribution is 7.66. The highest BCUT2D eigenvalue weighted by Gasteiger charge is 2.43. The minimum atomic E-state index is -5.76. The summed E-state index contributed by atoms with van der Waals surface area (Å²) in [5.41, 5.74) is 4.76. The van der Waals surface area contributed by atoms with Crippen molar-refractivity contribution < 1.29 is 65.9 Å². The Bertz CT molecular complexity index is 1570. The molecule has 4 unspecified atom stereocenters. The van der Waals surface area contributed by atoms with Gasteiger partial charge in [0.25, 0.3) is 5.69 Å². The Balaban J connectivity index is 1.75. The van der Waals surface area contributed by atoms with Gasteiger partial charge in [-0.3, -0.25) is 19.2 Å². The SMILES string of the molecule is CC(C)(C)C(OCc1cn([C@H]2CC(O)[C@@H](COP(=O)(O)OP(=O)(O)OP(=O)(O)O)O2)c(=O)nc1N)c1ccccc1[N+](=O)[O-]. The lowest BCUT2D eigenvalue weighted by Crippen LogP contribution is -2.30. The average molecular weight is 688 g/mol. The summed E-state index contributed by atoms with van der Waals surface area (Å²) in [5, 5.41) is 22.0. The summed E-state index contributed by atoms with van der Waals surface area (Å²) in [6.45, 7) is 4.24. The number of aliphatic hydroxyl groups is 1. The number of ether oxygens (including phenoxy) is 2. The number of para-hydroxylation sites is 1. The van der Waals surface area contributed by atoms with Gasteiger partial charge in [0.2, 0.25) is 0 Å². The lowest BCUT2D eigenvalue weighted by molar-refractivity contribution is -0.386. The number of hydrogen-bond donors (Lipinski definition) is 6. The number of phosphoric ester groups is 1. The van der Waals surface area contributed by atoms with Crippen LogP contribution in [0.1, 0.15) is 50.7 Å². The standard InChI is InChI=1S/C21H31N4O16P3/c1-21(2,3)18(13-6-4-5-7-14(13)25(28)29)37-10-12-9-24(20(27)23-19(12)22)17-8-15(26)16(39-17)11-38-43(33,34)41-44(35,36)40-42(30,31)32/h4-7,9,15-18,26H,8,10-11H2,1-3H3,(H,33,34)(H,35,36)(H2,22,23,27)(H2,30,31,32)/t15?,16-,17-,18?/m1/s1. The molecule has 23 heteroatoms. The molecule has 20 nitrogen and oxygen atoms in total. The van der Waals surface area contributed by atoms with Crippen LogP contribution in [0.4, 0.5) is 11.5 Å². The molecule has 0 radical (unpaired) electrons. The van der Waals surface area contributed by atoms with Crippen molar-refractivity contribution in [3.63, 3.8) is 0 Å². The summed E-state index contributed by atoms with van der Waals surface area (Å²) in [5.74, 6) is -0.204. The van der Waals surface area contributed by atoms with E-state index in [4.69, 9.17) is 25.0 Å². The zero-order chi connectivity index (χ0) is 33.3. The molecule has 1 aromatic carbocycles. The second-order valence-corrected chi connectivity index (χ2v) is 15.0. The second kappa shape index (κ2) is 13.5. The van der Waals surface area contributed by atoms with Crippen molar-refractivity contribution >= 4 is 35.0 Å². The third kappa shape index (κ3) is 9.79. The molecule has 0 spiro atoms. The van der Waals surface area contributed by atoms with Crippen molar-refractivity contribution in [2.45, 2.75) is 58.3 Å². The lowest BCUT2D eigenvalue weighted by Gasteiger charge is -2.31. The molecule has 1 aliphatic heterocycles. The van der Waals surface area contributed by atoms with Crippen LogP contribution in [0.2, 0.25) is 0 Å². The Labute approximate surface area is 248 Å². The maximum atomic E-state index is 12.6. The maximum absolute atomic E-state index is 12.6. The van der Waals surface area contributed by atoms with Crippen LogP contribution in [-0.2, 0) is 42.9 Å². The fourth-order valence-electron chi connectivity index (χ4n) is 4.20. The smallest absolute Gasteiger partial charge is 0.390 e. The molecule has 246 valence electrons. The molecule has 1 fully saturated rings. The van der Waals surface area contributed by atoms with E-state index in [9.17, 15) is 43.5 Å². The minimum absolute atomic E-state index is 0.154. The van der Waals surface area contributed by atoms with Gasteiger partial charge in [-0.15, -0.1) is 0 Å². The van der Waals surface area contributed by atoms with Gasteiger partial charge >= 0.3 is 29.2 Å². The zero-order valence-electron chi connectivity index (χ0n) is 23.3. The van der Waals surface area contributed by atoms with Gasteiger partial charge in [0.15, 0.2) is 0 Å². The first-order valence-electron chi connectivity index (χ1n) is 12.4. The molecule has 6 atom stereocenters. The summed E-state index contributed by atoms with van der Waals surface area (Å²) in [6.07, 6.45) is -3.86. The van der Waals surface area contributed by atoms with Crippen LogP contribution in [0.5, 0.6) is 0 Å². The second-order valence-electron chi connectivity index (χ2n) is 10.5.